The Morgan fingerprint density at radius 3 is 2.27 bits per heavy atom. The third-order valence-corrected chi connectivity index (χ3v) is 6.81. The van der Waals surface area contributed by atoms with Gasteiger partial charge in [-0.15, -0.1) is 0 Å². The second-order valence-electron chi connectivity index (χ2n) is 7.60. The molecule has 160 valence electrons. The molecule has 0 radical (unpaired) electrons. The van der Waals surface area contributed by atoms with Crippen molar-refractivity contribution in [3.63, 3.8) is 0 Å². The summed E-state index contributed by atoms with van der Waals surface area (Å²) in [4.78, 5) is 0.254. The quantitative estimate of drug-likeness (QED) is 0.487. The molecule has 0 amide bonds. The lowest BCUT2D eigenvalue weighted by Crippen LogP contribution is -2.34. The maximum Gasteiger partial charge on any atom is 0.306 e. The van der Waals surface area contributed by atoms with Crippen molar-refractivity contribution in [2.45, 2.75) is 25.3 Å². The van der Waals surface area contributed by atoms with E-state index >= 15 is 0 Å². The summed E-state index contributed by atoms with van der Waals surface area (Å²) in [6.07, 6.45) is 0.968. The molecule has 8 heteroatoms. The minimum atomic E-state index is -3.79. The van der Waals surface area contributed by atoms with E-state index < -0.39 is 20.1 Å². The Labute approximate surface area is 178 Å². The number of hydrogen-bond donors (Lipinski definition) is 0. The third kappa shape index (κ3) is 5.38. The van der Waals surface area contributed by atoms with E-state index in [4.69, 9.17) is 4.18 Å². The number of rotatable bonds is 8. The van der Waals surface area contributed by atoms with E-state index in [1.807, 2.05) is 38.1 Å². The van der Waals surface area contributed by atoms with Crippen molar-refractivity contribution in [1.82, 2.24) is 4.31 Å². The second kappa shape index (κ2) is 8.75. The summed E-state index contributed by atoms with van der Waals surface area (Å²) in [7, 11) is -7.46. The summed E-state index contributed by atoms with van der Waals surface area (Å²) >= 11 is 0. The lowest BCUT2D eigenvalue weighted by molar-refractivity contribution is 0.362. The zero-order valence-corrected chi connectivity index (χ0v) is 18.8. The maximum atomic E-state index is 13.6. The van der Waals surface area contributed by atoms with Crippen LogP contribution in [0.3, 0.4) is 0 Å². The van der Waals surface area contributed by atoms with Crippen LogP contribution in [0.2, 0.25) is 0 Å². The second-order valence-corrected chi connectivity index (χ2v) is 11.1. The summed E-state index contributed by atoms with van der Waals surface area (Å²) < 4.78 is 56.4. The molecule has 0 aromatic heterocycles. The van der Waals surface area contributed by atoms with Crippen molar-refractivity contribution in [3.05, 3.63) is 72.3 Å². The first-order valence-electron chi connectivity index (χ1n) is 9.52. The Kier molecular flexibility index (Phi) is 6.50. The summed E-state index contributed by atoms with van der Waals surface area (Å²) in [6, 6.07) is 19.1. The van der Waals surface area contributed by atoms with Gasteiger partial charge in [-0.25, -0.2) is 8.42 Å². The molecule has 3 aromatic rings. The Bertz CT molecular complexity index is 1250. The van der Waals surface area contributed by atoms with E-state index in [1.165, 1.54) is 10.4 Å². The number of benzene rings is 3. The van der Waals surface area contributed by atoms with Crippen LogP contribution in [0.25, 0.3) is 10.8 Å². The van der Waals surface area contributed by atoms with Gasteiger partial charge in [-0.2, -0.15) is 12.7 Å². The highest BCUT2D eigenvalue weighted by atomic mass is 32.2. The van der Waals surface area contributed by atoms with E-state index in [0.717, 1.165) is 11.6 Å². The molecule has 0 saturated heterocycles. The molecule has 30 heavy (non-hydrogen) atoms. The normalized spacial score (nSPS) is 12.6. The van der Waals surface area contributed by atoms with E-state index in [9.17, 15) is 16.8 Å². The van der Waals surface area contributed by atoms with E-state index in [-0.39, 0.29) is 23.1 Å². The number of hydrogen-bond acceptors (Lipinski definition) is 5. The van der Waals surface area contributed by atoms with Gasteiger partial charge in [0.25, 0.3) is 0 Å². The van der Waals surface area contributed by atoms with Crippen LogP contribution in [0.4, 0.5) is 0 Å². The third-order valence-electron chi connectivity index (χ3n) is 4.44. The Morgan fingerprint density at radius 2 is 1.57 bits per heavy atom. The van der Waals surface area contributed by atoms with Crippen LogP contribution in [-0.4, -0.2) is 33.9 Å². The maximum absolute atomic E-state index is 13.6. The fourth-order valence-corrected chi connectivity index (χ4v) is 5.55. The van der Waals surface area contributed by atoms with Gasteiger partial charge in [0, 0.05) is 18.5 Å². The highest BCUT2D eigenvalue weighted by Crippen LogP contribution is 2.28. The van der Waals surface area contributed by atoms with Crippen molar-refractivity contribution in [2.24, 2.45) is 5.92 Å². The number of nitrogens with zero attached hydrogens (tertiary/aromatic N) is 1. The lowest BCUT2D eigenvalue weighted by Gasteiger charge is -2.25. The average Bonchev–Trinajstić information content (AvgIpc) is 2.65. The van der Waals surface area contributed by atoms with Gasteiger partial charge in [-0.05, 0) is 35.1 Å². The van der Waals surface area contributed by atoms with Crippen molar-refractivity contribution in [1.29, 1.82) is 0 Å². The van der Waals surface area contributed by atoms with Gasteiger partial charge in [-0.1, -0.05) is 62.4 Å². The molecule has 0 fully saturated rings. The van der Waals surface area contributed by atoms with E-state index in [0.29, 0.717) is 17.5 Å². The zero-order chi connectivity index (χ0) is 21.9. The molecule has 0 aliphatic rings. The first kappa shape index (κ1) is 22.3. The van der Waals surface area contributed by atoms with Crippen molar-refractivity contribution in [3.8, 4) is 5.75 Å². The molecular weight excluding hydrogens is 422 g/mol. The van der Waals surface area contributed by atoms with Gasteiger partial charge < -0.3 is 4.18 Å². The molecule has 0 atom stereocenters. The van der Waals surface area contributed by atoms with Gasteiger partial charge in [0.05, 0.1) is 11.2 Å². The molecule has 0 saturated carbocycles. The number of sulfonamides is 1. The van der Waals surface area contributed by atoms with Crippen LogP contribution in [0.1, 0.15) is 19.4 Å². The molecule has 6 nitrogen and oxygen atoms in total. The monoisotopic (exact) mass is 447 g/mol. The Balaban J connectivity index is 2.01. The Hall–Kier alpha value is -2.42. The summed E-state index contributed by atoms with van der Waals surface area (Å²) in [5, 5.41) is 1.52. The highest BCUT2D eigenvalue weighted by Gasteiger charge is 2.27. The van der Waals surface area contributed by atoms with Crippen molar-refractivity contribution < 1.29 is 21.0 Å². The molecular formula is C22H25NO5S2. The SMILES string of the molecule is CC(C)CN(Cc1cccc(OS(C)(=O)=O)c1)S(=O)(=O)c1cccc2ccccc12. The topological polar surface area (TPSA) is 80.8 Å². The molecule has 0 bridgehead atoms. The van der Waals surface area contributed by atoms with E-state index in [1.54, 1.807) is 36.4 Å². The molecule has 0 spiro atoms. The molecule has 0 N–H and O–H groups in total. The first-order valence-corrected chi connectivity index (χ1v) is 12.8. The highest BCUT2D eigenvalue weighted by molar-refractivity contribution is 7.89. The molecule has 3 aromatic carbocycles. The predicted octanol–water partition coefficient (Wildman–Crippen LogP) is 4.03. The molecule has 0 aliphatic carbocycles. The predicted molar refractivity (Wildman–Crippen MR) is 118 cm³/mol. The van der Waals surface area contributed by atoms with Crippen LogP contribution >= 0.6 is 0 Å². The molecule has 0 heterocycles. The first-order chi connectivity index (χ1) is 14.1. The minimum absolute atomic E-state index is 0.102. The Morgan fingerprint density at radius 1 is 0.900 bits per heavy atom. The van der Waals surface area contributed by atoms with Crippen molar-refractivity contribution >= 4 is 30.9 Å². The zero-order valence-electron chi connectivity index (χ0n) is 17.1. The molecule has 0 aliphatic heterocycles. The minimum Gasteiger partial charge on any atom is -0.383 e. The van der Waals surface area contributed by atoms with Crippen molar-refractivity contribution in [2.75, 3.05) is 12.8 Å². The molecule has 3 rings (SSSR count). The summed E-state index contributed by atoms with van der Waals surface area (Å²) in [5.74, 6) is 0.257. The lowest BCUT2D eigenvalue weighted by atomic mass is 10.1. The van der Waals surface area contributed by atoms with Gasteiger partial charge >= 0.3 is 10.1 Å². The van der Waals surface area contributed by atoms with Crippen LogP contribution in [0, 0.1) is 5.92 Å². The number of fused-ring (bicyclic) bond motifs is 1. The van der Waals surface area contributed by atoms with Crippen LogP contribution in [-0.2, 0) is 26.7 Å². The van der Waals surface area contributed by atoms with E-state index in [2.05, 4.69) is 0 Å². The fraction of sp³-hybridized carbons (Fsp3) is 0.273. The van der Waals surface area contributed by atoms with Crippen LogP contribution in [0.15, 0.2) is 71.6 Å². The average molecular weight is 448 g/mol. The van der Waals surface area contributed by atoms with Gasteiger partial charge in [0.1, 0.15) is 5.75 Å². The van der Waals surface area contributed by atoms with Crippen LogP contribution in [0.5, 0.6) is 5.75 Å². The summed E-state index contributed by atoms with van der Waals surface area (Å²) in [6.45, 7) is 4.33. The van der Waals surface area contributed by atoms with Gasteiger partial charge in [0.2, 0.25) is 10.0 Å². The summed E-state index contributed by atoms with van der Waals surface area (Å²) in [5.41, 5.74) is 0.639. The van der Waals surface area contributed by atoms with Crippen LogP contribution < -0.4 is 4.18 Å². The largest absolute Gasteiger partial charge is 0.383 e. The smallest absolute Gasteiger partial charge is 0.306 e. The van der Waals surface area contributed by atoms with Gasteiger partial charge in [0.15, 0.2) is 0 Å². The fourth-order valence-electron chi connectivity index (χ4n) is 3.29. The van der Waals surface area contributed by atoms with Gasteiger partial charge in [-0.3, -0.25) is 0 Å². The molecule has 0 unspecified atom stereocenters. The standard InChI is InChI=1S/C22H25NO5S2/c1-17(2)15-23(16-18-8-6-11-20(14-18)28-29(3,24)25)30(26,27)22-13-7-10-19-9-4-5-12-21(19)22/h4-14,17H,15-16H2,1-3H3.